The van der Waals surface area contributed by atoms with Gasteiger partial charge in [-0.25, -0.2) is 9.67 Å². The zero-order valence-electron chi connectivity index (χ0n) is 9.90. The van der Waals surface area contributed by atoms with Gasteiger partial charge >= 0.3 is 0 Å². The third-order valence-corrected chi connectivity index (χ3v) is 3.44. The minimum Gasteiger partial charge on any atom is -0.391 e. The summed E-state index contributed by atoms with van der Waals surface area (Å²) in [6, 6.07) is 3.69. The Morgan fingerprint density at radius 1 is 1.44 bits per heavy atom. The van der Waals surface area contributed by atoms with Gasteiger partial charge < -0.3 is 5.11 Å². The second-order valence-corrected chi connectivity index (χ2v) is 5.14. The topological polar surface area (TPSA) is 50.9 Å². The fourth-order valence-electron chi connectivity index (χ4n) is 1.71. The number of pyridine rings is 1. The van der Waals surface area contributed by atoms with E-state index >= 15 is 0 Å². The Morgan fingerprint density at radius 2 is 2.22 bits per heavy atom. The van der Waals surface area contributed by atoms with Crippen LogP contribution < -0.4 is 0 Å². The molecule has 0 unspecified atom stereocenters. The van der Waals surface area contributed by atoms with E-state index in [-0.39, 0.29) is 6.61 Å². The van der Waals surface area contributed by atoms with E-state index < -0.39 is 0 Å². The van der Waals surface area contributed by atoms with E-state index in [1.165, 1.54) is 0 Å². The lowest BCUT2D eigenvalue weighted by Gasteiger charge is -2.01. The molecular formula is C12H13BrClN3O. The lowest BCUT2D eigenvalue weighted by atomic mass is 10.2. The van der Waals surface area contributed by atoms with E-state index in [4.69, 9.17) is 11.6 Å². The van der Waals surface area contributed by atoms with Gasteiger partial charge in [0.05, 0.1) is 12.3 Å². The largest absolute Gasteiger partial charge is 0.391 e. The molecule has 0 saturated heterocycles. The number of rotatable bonds is 4. The summed E-state index contributed by atoms with van der Waals surface area (Å²) in [6.45, 7) is 1.96. The molecule has 0 saturated carbocycles. The predicted molar refractivity (Wildman–Crippen MR) is 74.0 cm³/mol. The molecule has 0 amide bonds. The van der Waals surface area contributed by atoms with Gasteiger partial charge in [-0.1, -0.05) is 24.9 Å². The fraction of sp³-hybridized carbons (Fsp3) is 0.333. The van der Waals surface area contributed by atoms with Gasteiger partial charge in [-0.15, -0.1) is 0 Å². The highest BCUT2D eigenvalue weighted by atomic mass is 79.9. The molecule has 0 atom stereocenters. The third kappa shape index (κ3) is 2.58. The first-order valence-corrected chi connectivity index (χ1v) is 6.83. The van der Waals surface area contributed by atoms with Crippen LogP contribution in [0.4, 0.5) is 0 Å². The Labute approximate surface area is 119 Å². The molecule has 0 fully saturated rings. The van der Waals surface area contributed by atoms with Gasteiger partial charge in [0, 0.05) is 16.2 Å². The molecule has 0 aromatic carbocycles. The molecule has 2 aromatic heterocycles. The van der Waals surface area contributed by atoms with Crippen molar-refractivity contribution in [3.8, 4) is 5.82 Å². The zero-order chi connectivity index (χ0) is 13.1. The summed E-state index contributed by atoms with van der Waals surface area (Å²) >= 11 is 9.56. The van der Waals surface area contributed by atoms with Crippen LogP contribution in [-0.2, 0) is 13.0 Å². The first kappa shape index (κ1) is 13.5. The quantitative estimate of drug-likeness (QED) is 0.937. The van der Waals surface area contributed by atoms with E-state index in [1.54, 1.807) is 10.9 Å². The van der Waals surface area contributed by atoms with Crippen LogP contribution in [0.5, 0.6) is 0 Å². The van der Waals surface area contributed by atoms with E-state index in [9.17, 15) is 5.11 Å². The number of aryl methyl sites for hydroxylation is 1. The number of aromatic nitrogens is 3. The summed E-state index contributed by atoms with van der Waals surface area (Å²) < 4.78 is 2.45. The molecule has 0 spiro atoms. The van der Waals surface area contributed by atoms with E-state index in [0.717, 1.165) is 23.0 Å². The first-order valence-electron chi connectivity index (χ1n) is 5.66. The molecule has 4 nitrogen and oxygen atoms in total. The second-order valence-electron chi connectivity index (χ2n) is 3.87. The second kappa shape index (κ2) is 5.82. The number of aliphatic hydroxyl groups excluding tert-OH is 1. The van der Waals surface area contributed by atoms with Crippen LogP contribution in [0.1, 0.15) is 24.6 Å². The van der Waals surface area contributed by atoms with Crippen molar-refractivity contribution in [1.29, 1.82) is 0 Å². The highest BCUT2D eigenvalue weighted by Gasteiger charge is 2.16. The Kier molecular flexibility index (Phi) is 4.37. The van der Waals surface area contributed by atoms with Crippen LogP contribution in [0, 0.1) is 0 Å². The molecule has 2 heterocycles. The number of halogens is 2. The smallest absolute Gasteiger partial charge is 0.155 e. The normalized spacial score (nSPS) is 10.9. The molecule has 2 aromatic rings. The molecule has 2 rings (SSSR count). The van der Waals surface area contributed by atoms with Gasteiger partial charge in [0.25, 0.3) is 0 Å². The van der Waals surface area contributed by atoms with Crippen molar-refractivity contribution in [1.82, 2.24) is 14.8 Å². The van der Waals surface area contributed by atoms with Crippen molar-refractivity contribution >= 4 is 27.5 Å². The van der Waals surface area contributed by atoms with Crippen molar-refractivity contribution in [2.24, 2.45) is 0 Å². The summed E-state index contributed by atoms with van der Waals surface area (Å²) in [7, 11) is 0. The van der Waals surface area contributed by atoms with Gasteiger partial charge in [0.1, 0.15) is 5.15 Å². The van der Waals surface area contributed by atoms with Gasteiger partial charge in [0.2, 0.25) is 0 Å². The third-order valence-electron chi connectivity index (χ3n) is 2.58. The lowest BCUT2D eigenvalue weighted by molar-refractivity contribution is 0.280. The van der Waals surface area contributed by atoms with E-state index in [2.05, 4.69) is 32.9 Å². The van der Waals surface area contributed by atoms with Crippen molar-refractivity contribution < 1.29 is 5.11 Å². The van der Waals surface area contributed by atoms with Crippen molar-refractivity contribution in [2.45, 2.75) is 26.4 Å². The van der Waals surface area contributed by atoms with Crippen molar-refractivity contribution in [3.63, 3.8) is 0 Å². The Hall–Kier alpha value is -0.910. The average Bonchev–Trinajstić information content (AvgIpc) is 2.67. The monoisotopic (exact) mass is 329 g/mol. The fourth-order valence-corrected chi connectivity index (χ4v) is 2.24. The van der Waals surface area contributed by atoms with Crippen LogP contribution in [0.3, 0.4) is 0 Å². The highest BCUT2D eigenvalue weighted by molar-refractivity contribution is 9.10. The van der Waals surface area contributed by atoms with E-state index in [0.29, 0.717) is 16.5 Å². The Balaban J connectivity index is 2.47. The van der Waals surface area contributed by atoms with Crippen LogP contribution in [-0.4, -0.2) is 19.9 Å². The van der Waals surface area contributed by atoms with Crippen LogP contribution in [0.15, 0.2) is 22.8 Å². The van der Waals surface area contributed by atoms with Gasteiger partial charge in [-0.3, -0.25) is 0 Å². The Bertz CT molecular complexity index is 539. The summed E-state index contributed by atoms with van der Waals surface area (Å²) in [5, 5.41) is 14.2. The molecule has 96 valence electrons. The number of nitrogens with zero attached hydrogens (tertiary/aromatic N) is 3. The molecule has 0 radical (unpaired) electrons. The van der Waals surface area contributed by atoms with Crippen LogP contribution in [0.2, 0.25) is 5.15 Å². The van der Waals surface area contributed by atoms with Crippen molar-refractivity contribution in [3.05, 3.63) is 39.2 Å². The number of hydrogen-bond acceptors (Lipinski definition) is 3. The maximum atomic E-state index is 9.36. The standard InChI is InChI=1S/C12H13BrClN3O/c1-2-3-10-9(7-18)12(14)17(16-10)11-5-4-8(13)6-15-11/h4-6,18H,2-3,7H2,1H3. The highest BCUT2D eigenvalue weighted by Crippen LogP contribution is 2.24. The number of aliphatic hydroxyl groups is 1. The minimum atomic E-state index is -0.106. The molecule has 18 heavy (non-hydrogen) atoms. The van der Waals surface area contributed by atoms with Crippen LogP contribution >= 0.6 is 27.5 Å². The van der Waals surface area contributed by atoms with Gasteiger partial charge in [-0.05, 0) is 34.5 Å². The zero-order valence-corrected chi connectivity index (χ0v) is 12.2. The number of hydrogen-bond donors (Lipinski definition) is 1. The first-order chi connectivity index (χ1) is 8.67. The molecule has 1 N–H and O–H groups in total. The maximum absolute atomic E-state index is 9.36. The van der Waals surface area contributed by atoms with Gasteiger partial charge in [-0.2, -0.15) is 5.10 Å². The predicted octanol–water partition coefficient (Wildman–Crippen LogP) is 3.13. The summed E-state index contributed by atoms with van der Waals surface area (Å²) in [6.07, 6.45) is 3.43. The van der Waals surface area contributed by atoms with E-state index in [1.807, 2.05) is 12.1 Å². The molecule has 0 bridgehead atoms. The maximum Gasteiger partial charge on any atom is 0.155 e. The summed E-state index contributed by atoms with van der Waals surface area (Å²) in [4.78, 5) is 4.25. The Morgan fingerprint density at radius 3 is 2.78 bits per heavy atom. The molecule has 0 aliphatic rings. The molecule has 0 aliphatic carbocycles. The molecule has 0 aliphatic heterocycles. The van der Waals surface area contributed by atoms with Crippen molar-refractivity contribution in [2.75, 3.05) is 0 Å². The molecular weight excluding hydrogens is 318 g/mol. The van der Waals surface area contributed by atoms with Gasteiger partial charge in [0.15, 0.2) is 5.82 Å². The lowest BCUT2D eigenvalue weighted by Crippen LogP contribution is -2.00. The van der Waals surface area contributed by atoms with Crippen LogP contribution in [0.25, 0.3) is 5.82 Å². The average molecular weight is 331 g/mol. The summed E-state index contributed by atoms with van der Waals surface area (Å²) in [5.74, 6) is 0.639. The SMILES string of the molecule is CCCc1nn(-c2ccc(Br)cn2)c(Cl)c1CO. The minimum absolute atomic E-state index is 0.106. The molecule has 6 heteroatoms. The summed E-state index contributed by atoms with van der Waals surface area (Å²) in [5.41, 5.74) is 1.51.